The van der Waals surface area contributed by atoms with E-state index in [0.717, 1.165) is 57.0 Å². The lowest BCUT2D eigenvalue weighted by Gasteiger charge is -2.26. The molecule has 32 heavy (non-hydrogen) atoms. The van der Waals surface area contributed by atoms with Gasteiger partial charge in [-0.05, 0) is 37.2 Å². The van der Waals surface area contributed by atoms with Gasteiger partial charge in [0.1, 0.15) is 17.2 Å². The molecule has 3 heterocycles. The van der Waals surface area contributed by atoms with Crippen LogP contribution in [0.3, 0.4) is 0 Å². The maximum Gasteiger partial charge on any atom is 0.150 e. The summed E-state index contributed by atoms with van der Waals surface area (Å²) in [6, 6.07) is 8.54. The van der Waals surface area contributed by atoms with E-state index in [4.69, 9.17) is 22.1 Å². The SMILES string of the molecule is Nc1nc2c(-c3c(F)cccc3Cl)cc(NCCCN3CCOCC3)cc2n2cncc12. The number of nitrogen functional groups attached to an aromatic ring is 1. The molecule has 0 bridgehead atoms. The molecule has 1 aliphatic rings. The summed E-state index contributed by atoms with van der Waals surface area (Å²) in [6.45, 7) is 5.31. The Morgan fingerprint density at radius 3 is 2.84 bits per heavy atom. The molecule has 2 aromatic heterocycles. The van der Waals surface area contributed by atoms with Crippen LogP contribution < -0.4 is 11.1 Å². The fourth-order valence-electron chi connectivity index (χ4n) is 4.18. The Hall–Kier alpha value is -2.94. The van der Waals surface area contributed by atoms with E-state index in [1.165, 1.54) is 6.07 Å². The van der Waals surface area contributed by atoms with Crippen LogP contribution in [0.2, 0.25) is 5.02 Å². The number of morpholine rings is 1. The second kappa shape index (κ2) is 8.90. The largest absolute Gasteiger partial charge is 0.385 e. The highest BCUT2D eigenvalue weighted by Crippen LogP contribution is 2.37. The number of hydrogen-bond acceptors (Lipinski definition) is 6. The molecular formula is C23H24ClFN6O. The highest BCUT2D eigenvalue weighted by Gasteiger charge is 2.18. The van der Waals surface area contributed by atoms with E-state index in [2.05, 4.69) is 20.2 Å². The Balaban J connectivity index is 1.53. The minimum Gasteiger partial charge on any atom is -0.385 e. The van der Waals surface area contributed by atoms with Crippen molar-refractivity contribution in [1.82, 2.24) is 19.3 Å². The molecule has 1 aliphatic heterocycles. The van der Waals surface area contributed by atoms with Gasteiger partial charge in [-0.1, -0.05) is 17.7 Å². The molecule has 1 fully saturated rings. The number of nitrogens with one attached hydrogen (secondary N) is 1. The summed E-state index contributed by atoms with van der Waals surface area (Å²) in [6.07, 6.45) is 4.33. The van der Waals surface area contributed by atoms with Gasteiger partial charge >= 0.3 is 0 Å². The Labute approximate surface area is 190 Å². The maximum absolute atomic E-state index is 14.9. The van der Waals surface area contributed by atoms with Crippen LogP contribution in [0.15, 0.2) is 42.9 Å². The van der Waals surface area contributed by atoms with E-state index in [1.54, 1.807) is 24.7 Å². The van der Waals surface area contributed by atoms with Crippen LogP contribution in [0.4, 0.5) is 15.9 Å². The molecule has 5 rings (SSSR count). The molecule has 3 N–H and O–H groups in total. The Morgan fingerprint density at radius 2 is 2.03 bits per heavy atom. The van der Waals surface area contributed by atoms with Gasteiger partial charge in [-0.2, -0.15) is 0 Å². The first-order valence-electron chi connectivity index (χ1n) is 10.7. The third-order valence-electron chi connectivity index (χ3n) is 5.80. The van der Waals surface area contributed by atoms with E-state index in [-0.39, 0.29) is 0 Å². The number of aromatic nitrogens is 3. The van der Waals surface area contributed by atoms with Crippen molar-refractivity contribution in [2.24, 2.45) is 0 Å². The second-order valence-electron chi connectivity index (χ2n) is 7.87. The van der Waals surface area contributed by atoms with Crippen molar-refractivity contribution >= 4 is 39.7 Å². The molecule has 0 atom stereocenters. The molecule has 4 aromatic rings. The first-order chi connectivity index (χ1) is 15.6. The van der Waals surface area contributed by atoms with Crippen LogP contribution in [0.25, 0.3) is 27.7 Å². The molecule has 0 radical (unpaired) electrons. The van der Waals surface area contributed by atoms with E-state index in [0.29, 0.717) is 33.0 Å². The zero-order chi connectivity index (χ0) is 22.1. The van der Waals surface area contributed by atoms with Gasteiger partial charge in [0, 0.05) is 36.4 Å². The minimum atomic E-state index is -0.408. The quantitative estimate of drug-likeness (QED) is 0.428. The lowest BCUT2D eigenvalue weighted by atomic mass is 10.0. The topological polar surface area (TPSA) is 80.7 Å². The van der Waals surface area contributed by atoms with Crippen molar-refractivity contribution in [1.29, 1.82) is 0 Å². The van der Waals surface area contributed by atoms with Crippen molar-refractivity contribution < 1.29 is 9.13 Å². The van der Waals surface area contributed by atoms with Crippen LogP contribution in [0, 0.1) is 5.82 Å². The van der Waals surface area contributed by atoms with E-state index < -0.39 is 5.82 Å². The number of nitrogens with two attached hydrogens (primary N) is 1. The van der Waals surface area contributed by atoms with Crippen molar-refractivity contribution in [3.63, 3.8) is 0 Å². The third-order valence-corrected chi connectivity index (χ3v) is 6.11. The predicted molar refractivity (Wildman–Crippen MR) is 126 cm³/mol. The number of hydrogen-bond donors (Lipinski definition) is 2. The average molecular weight is 455 g/mol. The number of nitrogens with zero attached hydrogens (tertiary/aromatic N) is 4. The number of imidazole rings is 1. The van der Waals surface area contributed by atoms with Gasteiger partial charge in [-0.15, -0.1) is 0 Å². The zero-order valence-corrected chi connectivity index (χ0v) is 18.3. The summed E-state index contributed by atoms with van der Waals surface area (Å²) >= 11 is 6.41. The van der Waals surface area contributed by atoms with Crippen LogP contribution in [-0.2, 0) is 4.74 Å². The van der Waals surface area contributed by atoms with E-state index in [9.17, 15) is 4.39 Å². The first-order valence-corrected chi connectivity index (χ1v) is 11.0. The van der Waals surface area contributed by atoms with Crippen LogP contribution in [0.1, 0.15) is 6.42 Å². The molecule has 166 valence electrons. The summed E-state index contributed by atoms with van der Waals surface area (Å²) in [5, 5.41) is 3.80. The normalized spacial score (nSPS) is 14.9. The van der Waals surface area contributed by atoms with Crippen LogP contribution in [0.5, 0.6) is 0 Å². The fourth-order valence-corrected chi connectivity index (χ4v) is 4.45. The lowest BCUT2D eigenvalue weighted by Crippen LogP contribution is -2.37. The van der Waals surface area contributed by atoms with Gasteiger partial charge in [0.25, 0.3) is 0 Å². The number of anilines is 2. The summed E-state index contributed by atoms with van der Waals surface area (Å²) in [7, 11) is 0. The fraction of sp³-hybridized carbons (Fsp3) is 0.304. The lowest BCUT2D eigenvalue weighted by molar-refractivity contribution is 0.0378. The van der Waals surface area contributed by atoms with Crippen molar-refractivity contribution in [3.8, 4) is 11.1 Å². The highest BCUT2D eigenvalue weighted by atomic mass is 35.5. The molecule has 0 spiro atoms. The van der Waals surface area contributed by atoms with Crippen LogP contribution in [-0.4, -0.2) is 58.7 Å². The van der Waals surface area contributed by atoms with E-state index >= 15 is 0 Å². The Bertz CT molecular complexity index is 1250. The number of fused-ring (bicyclic) bond motifs is 3. The second-order valence-corrected chi connectivity index (χ2v) is 8.28. The molecular weight excluding hydrogens is 431 g/mol. The monoisotopic (exact) mass is 454 g/mol. The van der Waals surface area contributed by atoms with Gasteiger partial charge in [-0.3, -0.25) is 9.30 Å². The standard InChI is InChI=1S/C23H24ClFN6O/c24-17-3-1-4-18(25)21(17)16-11-15(28-5-2-6-30-7-9-32-10-8-30)12-19-22(16)29-23(26)20-13-27-14-31(19)20/h1,3-4,11-14,28H,2,5-10H2,(H2,26,29). The molecule has 1 saturated heterocycles. The smallest absolute Gasteiger partial charge is 0.150 e. The summed E-state index contributed by atoms with van der Waals surface area (Å²) < 4.78 is 22.1. The number of halogens is 2. The number of rotatable bonds is 6. The van der Waals surface area contributed by atoms with Gasteiger partial charge < -0.3 is 15.8 Å². The van der Waals surface area contributed by atoms with Gasteiger partial charge in [0.2, 0.25) is 0 Å². The van der Waals surface area contributed by atoms with Gasteiger partial charge in [0.05, 0.1) is 41.8 Å². The van der Waals surface area contributed by atoms with Crippen molar-refractivity contribution in [2.45, 2.75) is 6.42 Å². The van der Waals surface area contributed by atoms with E-state index in [1.807, 2.05) is 16.5 Å². The first kappa shape index (κ1) is 20.9. The zero-order valence-electron chi connectivity index (χ0n) is 17.5. The van der Waals surface area contributed by atoms with Crippen molar-refractivity contribution in [2.75, 3.05) is 50.4 Å². The minimum absolute atomic E-state index is 0.308. The summed E-state index contributed by atoms with van der Waals surface area (Å²) in [5.41, 5.74) is 9.97. The molecule has 9 heteroatoms. The molecule has 0 saturated carbocycles. The summed E-state index contributed by atoms with van der Waals surface area (Å²) in [4.78, 5) is 11.2. The third kappa shape index (κ3) is 3.97. The Kier molecular flexibility index (Phi) is 5.82. The van der Waals surface area contributed by atoms with Crippen molar-refractivity contribution in [3.05, 3.63) is 53.7 Å². The summed E-state index contributed by atoms with van der Waals surface area (Å²) in [5.74, 6) is -0.0794. The molecule has 2 aromatic carbocycles. The van der Waals surface area contributed by atoms with Gasteiger partial charge in [-0.25, -0.2) is 14.4 Å². The Morgan fingerprint density at radius 1 is 1.19 bits per heavy atom. The predicted octanol–water partition coefficient (Wildman–Crippen LogP) is 4.06. The highest BCUT2D eigenvalue weighted by molar-refractivity contribution is 6.33. The molecule has 0 unspecified atom stereocenters. The number of ether oxygens (including phenoxy) is 1. The average Bonchev–Trinajstić information content (AvgIpc) is 3.29. The molecule has 7 nitrogen and oxygen atoms in total. The maximum atomic E-state index is 14.9. The number of benzene rings is 2. The molecule has 0 amide bonds. The molecule has 0 aliphatic carbocycles. The van der Waals surface area contributed by atoms with Crippen LogP contribution >= 0.6 is 11.6 Å². The van der Waals surface area contributed by atoms with Gasteiger partial charge in [0.15, 0.2) is 0 Å².